The molecule has 1 aliphatic heterocycles. The summed E-state index contributed by atoms with van der Waals surface area (Å²) in [6.45, 7) is 3.35. The van der Waals surface area contributed by atoms with Crippen LogP contribution < -0.4 is 5.32 Å². The van der Waals surface area contributed by atoms with E-state index >= 15 is 0 Å². The number of rotatable bonds is 6. The van der Waals surface area contributed by atoms with E-state index in [9.17, 15) is 9.00 Å². The normalized spacial score (nSPS) is 23.5. The summed E-state index contributed by atoms with van der Waals surface area (Å²) in [7, 11) is -0.815. The van der Waals surface area contributed by atoms with Gasteiger partial charge in [-0.3, -0.25) is 14.3 Å². The molecule has 15 heavy (non-hydrogen) atoms. The largest absolute Gasteiger partial charge is 0.328 e. The maximum Gasteiger partial charge on any atom is 0.240 e. The van der Waals surface area contributed by atoms with E-state index in [2.05, 4.69) is 12.2 Å². The van der Waals surface area contributed by atoms with Gasteiger partial charge in [-0.15, -0.1) is 0 Å². The summed E-state index contributed by atoms with van der Waals surface area (Å²) in [4.78, 5) is 13.6. The Morgan fingerprint density at radius 3 is 2.93 bits per heavy atom. The van der Waals surface area contributed by atoms with Gasteiger partial charge in [0.05, 0.1) is 12.7 Å². The van der Waals surface area contributed by atoms with Crippen LogP contribution in [0, 0.1) is 0 Å². The molecule has 0 aromatic carbocycles. The van der Waals surface area contributed by atoms with Crippen molar-refractivity contribution in [2.75, 3.05) is 25.2 Å². The van der Waals surface area contributed by atoms with E-state index < -0.39 is 10.8 Å². The van der Waals surface area contributed by atoms with E-state index in [-0.39, 0.29) is 11.9 Å². The van der Waals surface area contributed by atoms with Crippen molar-refractivity contribution in [3.63, 3.8) is 0 Å². The van der Waals surface area contributed by atoms with Gasteiger partial charge in [0.2, 0.25) is 5.91 Å². The lowest BCUT2D eigenvalue weighted by Crippen LogP contribution is -2.32. The zero-order chi connectivity index (χ0) is 11.3. The molecular weight excluding hydrogens is 212 g/mol. The molecule has 1 fully saturated rings. The van der Waals surface area contributed by atoms with Gasteiger partial charge in [0, 0.05) is 29.4 Å². The molecule has 88 valence electrons. The Hall–Kier alpha value is -0.420. The molecule has 0 aromatic rings. The van der Waals surface area contributed by atoms with Gasteiger partial charge >= 0.3 is 0 Å². The fraction of sp³-hybridized carbons (Fsp3) is 0.900. The predicted octanol–water partition coefficient (Wildman–Crippen LogP) is 0.313. The average molecular weight is 232 g/mol. The van der Waals surface area contributed by atoms with E-state index in [0.717, 1.165) is 19.3 Å². The first kappa shape index (κ1) is 12.6. The number of hydrogen-bond donors (Lipinski definition) is 1. The monoisotopic (exact) mass is 232 g/mol. The highest BCUT2D eigenvalue weighted by atomic mass is 32.2. The summed E-state index contributed by atoms with van der Waals surface area (Å²) in [5.41, 5.74) is 0. The van der Waals surface area contributed by atoms with Crippen LogP contribution in [0.1, 0.15) is 26.2 Å². The Labute approximate surface area is 93.9 Å². The molecule has 0 spiro atoms. The molecule has 0 aromatic heterocycles. The highest BCUT2D eigenvalue weighted by molar-refractivity contribution is 7.84. The van der Waals surface area contributed by atoms with Crippen molar-refractivity contribution in [3.05, 3.63) is 0 Å². The molecule has 2 unspecified atom stereocenters. The number of nitrogens with zero attached hydrogens (tertiary/aromatic N) is 1. The highest BCUT2D eigenvalue weighted by Crippen LogP contribution is 2.09. The van der Waals surface area contributed by atoms with Crippen molar-refractivity contribution in [1.82, 2.24) is 10.2 Å². The van der Waals surface area contributed by atoms with Crippen LogP contribution in [0.25, 0.3) is 0 Å². The molecule has 2 atom stereocenters. The third-order valence-electron chi connectivity index (χ3n) is 2.63. The Morgan fingerprint density at radius 2 is 2.33 bits per heavy atom. The van der Waals surface area contributed by atoms with E-state index in [0.29, 0.717) is 19.0 Å². The van der Waals surface area contributed by atoms with Crippen molar-refractivity contribution >= 4 is 16.7 Å². The summed E-state index contributed by atoms with van der Waals surface area (Å²) in [6, 6.07) is -0.00441. The van der Waals surface area contributed by atoms with Crippen LogP contribution in [0.15, 0.2) is 0 Å². The number of amides is 1. The number of nitrogens with one attached hydrogen (secondary N) is 1. The average Bonchev–Trinajstić information content (AvgIpc) is 2.54. The smallest absolute Gasteiger partial charge is 0.240 e. The number of unbranched alkanes of at least 4 members (excludes halogenated alkanes) is 1. The Morgan fingerprint density at radius 1 is 1.60 bits per heavy atom. The quantitative estimate of drug-likeness (QED) is 0.717. The van der Waals surface area contributed by atoms with Crippen LogP contribution >= 0.6 is 0 Å². The van der Waals surface area contributed by atoms with Crippen molar-refractivity contribution in [1.29, 1.82) is 0 Å². The maximum absolute atomic E-state index is 11.8. The topological polar surface area (TPSA) is 49.4 Å². The zero-order valence-electron chi connectivity index (χ0n) is 9.49. The number of carbonyl (C=O) groups excluding carboxylic acids is 1. The molecule has 0 saturated carbocycles. The molecular formula is C10H20N2O2S. The van der Waals surface area contributed by atoms with E-state index in [1.54, 1.807) is 11.2 Å². The van der Waals surface area contributed by atoms with E-state index in [4.69, 9.17) is 0 Å². The third kappa shape index (κ3) is 3.91. The van der Waals surface area contributed by atoms with Crippen molar-refractivity contribution in [2.45, 2.75) is 32.2 Å². The van der Waals surface area contributed by atoms with Gasteiger partial charge < -0.3 is 4.90 Å². The van der Waals surface area contributed by atoms with Gasteiger partial charge in [-0.25, -0.2) is 0 Å². The van der Waals surface area contributed by atoms with Crippen LogP contribution in [0.4, 0.5) is 0 Å². The van der Waals surface area contributed by atoms with Crippen molar-refractivity contribution in [3.8, 4) is 0 Å². The van der Waals surface area contributed by atoms with Crippen molar-refractivity contribution in [2.24, 2.45) is 0 Å². The van der Waals surface area contributed by atoms with Gasteiger partial charge in [-0.05, 0) is 6.42 Å². The SMILES string of the molecule is CCCCC1NCN(CCS(C)=O)C1=O. The van der Waals surface area contributed by atoms with E-state index in [1.165, 1.54) is 0 Å². The van der Waals surface area contributed by atoms with Crippen LogP contribution in [0.3, 0.4) is 0 Å². The van der Waals surface area contributed by atoms with Crippen LogP contribution in [0.5, 0.6) is 0 Å². The number of carbonyl (C=O) groups is 1. The van der Waals surface area contributed by atoms with Gasteiger partial charge in [0.1, 0.15) is 0 Å². The third-order valence-corrected chi connectivity index (χ3v) is 3.39. The minimum atomic E-state index is -0.815. The molecule has 1 rings (SSSR count). The second-order valence-corrected chi connectivity index (χ2v) is 5.49. The molecule has 0 bridgehead atoms. The van der Waals surface area contributed by atoms with Crippen LogP contribution in [0.2, 0.25) is 0 Å². The zero-order valence-corrected chi connectivity index (χ0v) is 10.3. The standard InChI is InChI=1S/C10H20N2O2S/c1-3-4-5-9-10(13)12(8-11-9)6-7-15(2)14/h9,11H,3-8H2,1-2H3. The fourth-order valence-electron chi connectivity index (χ4n) is 1.67. The molecule has 0 aliphatic carbocycles. The molecule has 1 heterocycles. The maximum atomic E-state index is 11.8. The lowest BCUT2D eigenvalue weighted by atomic mass is 10.1. The molecule has 4 nitrogen and oxygen atoms in total. The molecule has 1 N–H and O–H groups in total. The minimum absolute atomic E-state index is 0.00441. The fourth-order valence-corrected chi connectivity index (χ4v) is 2.15. The van der Waals surface area contributed by atoms with Gasteiger partial charge in [0.25, 0.3) is 0 Å². The Kier molecular flexibility index (Phi) is 5.25. The van der Waals surface area contributed by atoms with E-state index in [1.807, 2.05) is 0 Å². The summed E-state index contributed by atoms with van der Waals surface area (Å²) < 4.78 is 10.9. The predicted molar refractivity (Wildman–Crippen MR) is 62.0 cm³/mol. The summed E-state index contributed by atoms with van der Waals surface area (Å²) >= 11 is 0. The van der Waals surface area contributed by atoms with Crippen LogP contribution in [-0.4, -0.2) is 46.3 Å². The minimum Gasteiger partial charge on any atom is -0.328 e. The first-order valence-electron chi connectivity index (χ1n) is 5.47. The molecule has 1 amide bonds. The van der Waals surface area contributed by atoms with Crippen molar-refractivity contribution < 1.29 is 9.00 Å². The molecule has 0 radical (unpaired) electrons. The molecule has 5 heteroatoms. The summed E-state index contributed by atoms with van der Waals surface area (Å²) in [5.74, 6) is 0.752. The van der Waals surface area contributed by atoms with Gasteiger partial charge in [0.15, 0.2) is 0 Å². The van der Waals surface area contributed by atoms with Gasteiger partial charge in [-0.1, -0.05) is 19.8 Å². The Balaban J connectivity index is 2.32. The lowest BCUT2D eigenvalue weighted by Gasteiger charge is -2.14. The summed E-state index contributed by atoms with van der Waals surface area (Å²) in [5, 5.41) is 3.19. The highest BCUT2D eigenvalue weighted by Gasteiger charge is 2.29. The summed E-state index contributed by atoms with van der Waals surface area (Å²) in [6.07, 6.45) is 4.78. The Bertz CT molecular complexity index is 246. The first-order valence-corrected chi connectivity index (χ1v) is 7.20. The van der Waals surface area contributed by atoms with Crippen LogP contribution in [-0.2, 0) is 15.6 Å². The second-order valence-electron chi connectivity index (χ2n) is 3.94. The second kappa shape index (κ2) is 6.23. The first-order chi connectivity index (χ1) is 7.15. The van der Waals surface area contributed by atoms with Gasteiger partial charge in [-0.2, -0.15) is 0 Å². The number of hydrogen-bond acceptors (Lipinski definition) is 3. The molecule has 1 saturated heterocycles. The molecule has 1 aliphatic rings. The lowest BCUT2D eigenvalue weighted by molar-refractivity contribution is -0.128.